The molecule has 2 N–H and O–H groups in total. The van der Waals surface area contributed by atoms with Crippen molar-refractivity contribution in [2.24, 2.45) is 5.73 Å². The van der Waals surface area contributed by atoms with Crippen LogP contribution in [0, 0.1) is 0 Å². The summed E-state index contributed by atoms with van der Waals surface area (Å²) in [5, 5.41) is 0. The van der Waals surface area contributed by atoms with Gasteiger partial charge >= 0.3 is 6.18 Å². The maximum Gasteiger partial charge on any atom is 0.416 e. The summed E-state index contributed by atoms with van der Waals surface area (Å²) in [7, 11) is 0. The summed E-state index contributed by atoms with van der Waals surface area (Å²) in [5.41, 5.74) is 5.57. The molecule has 3 aliphatic heterocycles. The second kappa shape index (κ2) is 4.98. The van der Waals surface area contributed by atoms with Crippen LogP contribution in [0.3, 0.4) is 0 Å². The van der Waals surface area contributed by atoms with Crippen LogP contribution in [0.4, 0.5) is 13.2 Å². The number of pyridine rings is 1. The van der Waals surface area contributed by atoms with Crippen LogP contribution in [-0.2, 0) is 6.18 Å². The minimum Gasteiger partial charge on any atom is -0.323 e. The number of aromatic nitrogens is 1. The first-order chi connectivity index (χ1) is 9.47. The Balaban J connectivity index is 1.89. The zero-order valence-corrected chi connectivity index (χ0v) is 11.0. The van der Waals surface area contributed by atoms with Gasteiger partial charge in [0.25, 0.3) is 0 Å². The molecule has 4 nitrogen and oxygen atoms in total. The second-order valence-corrected chi connectivity index (χ2v) is 5.39. The van der Waals surface area contributed by atoms with Crippen molar-refractivity contribution >= 4 is 0 Å². The molecule has 3 fully saturated rings. The largest absolute Gasteiger partial charge is 0.416 e. The number of nitrogens with zero attached hydrogens (tertiary/aromatic N) is 3. The van der Waals surface area contributed by atoms with Crippen LogP contribution in [0.15, 0.2) is 18.5 Å². The Morgan fingerprint density at radius 3 is 2.50 bits per heavy atom. The van der Waals surface area contributed by atoms with Gasteiger partial charge in [-0.05, 0) is 6.07 Å². The molecule has 4 rings (SSSR count). The molecular formula is C13H17F3N4. The third kappa shape index (κ3) is 2.41. The molecule has 0 amide bonds. The topological polar surface area (TPSA) is 45.4 Å². The fourth-order valence-corrected chi connectivity index (χ4v) is 3.14. The summed E-state index contributed by atoms with van der Waals surface area (Å²) in [6.07, 6.45) is -1.97. The van der Waals surface area contributed by atoms with E-state index in [2.05, 4.69) is 14.8 Å². The molecule has 4 heterocycles. The molecule has 0 aromatic carbocycles. The minimum atomic E-state index is -4.39. The number of alkyl halides is 3. The first-order valence-corrected chi connectivity index (χ1v) is 6.70. The standard InChI is InChI=1S/C13H17F3N4/c14-13(15,16)10-1-2-18-7-9(10)12(17)11-8-19-3-5-20(11)6-4-19/h1-2,7,11-12H,3-6,8,17H2. The lowest BCUT2D eigenvalue weighted by Crippen LogP contribution is -2.63. The van der Waals surface area contributed by atoms with Crippen LogP contribution in [0.25, 0.3) is 0 Å². The lowest BCUT2D eigenvalue weighted by Gasteiger charge is -2.49. The molecule has 1 aromatic heterocycles. The lowest BCUT2D eigenvalue weighted by atomic mass is 9.92. The van der Waals surface area contributed by atoms with Crippen molar-refractivity contribution in [2.75, 3.05) is 32.7 Å². The monoisotopic (exact) mass is 286 g/mol. The molecule has 7 heteroatoms. The second-order valence-electron chi connectivity index (χ2n) is 5.39. The highest BCUT2D eigenvalue weighted by atomic mass is 19.4. The molecule has 0 aliphatic carbocycles. The zero-order chi connectivity index (χ0) is 14.3. The molecule has 2 bridgehead atoms. The summed E-state index contributed by atoms with van der Waals surface area (Å²) in [4.78, 5) is 8.28. The highest BCUT2D eigenvalue weighted by Gasteiger charge is 2.40. The van der Waals surface area contributed by atoms with E-state index < -0.39 is 17.8 Å². The molecule has 3 saturated heterocycles. The molecule has 0 saturated carbocycles. The fourth-order valence-electron chi connectivity index (χ4n) is 3.14. The van der Waals surface area contributed by atoms with E-state index in [0.29, 0.717) is 0 Å². The molecule has 3 aliphatic rings. The number of halogens is 3. The summed E-state index contributed by atoms with van der Waals surface area (Å²) in [5.74, 6) is 0. The zero-order valence-electron chi connectivity index (χ0n) is 11.0. The van der Waals surface area contributed by atoms with Crippen molar-refractivity contribution in [1.29, 1.82) is 0 Å². The Bertz CT molecular complexity index is 483. The van der Waals surface area contributed by atoms with Crippen LogP contribution < -0.4 is 5.73 Å². The number of nitrogens with two attached hydrogens (primary N) is 1. The molecule has 20 heavy (non-hydrogen) atoms. The average Bonchev–Trinajstić information content (AvgIpc) is 2.47. The molecule has 110 valence electrons. The summed E-state index contributed by atoms with van der Waals surface area (Å²) in [6.45, 7) is 4.43. The normalized spacial score (nSPS) is 31.3. The Kier molecular flexibility index (Phi) is 3.43. The van der Waals surface area contributed by atoms with E-state index in [1.807, 2.05) is 0 Å². The van der Waals surface area contributed by atoms with Crippen LogP contribution in [-0.4, -0.2) is 53.5 Å². The van der Waals surface area contributed by atoms with Gasteiger partial charge in [-0.2, -0.15) is 13.2 Å². The van der Waals surface area contributed by atoms with Gasteiger partial charge in [-0.25, -0.2) is 0 Å². The number of rotatable bonds is 2. The first kappa shape index (κ1) is 13.8. The van der Waals surface area contributed by atoms with Crippen molar-refractivity contribution in [2.45, 2.75) is 18.3 Å². The van der Waals surface area contributed by atoms with E-state index in [-0.39, 0.29) is 11.6 Å². The molecule has 2 unspecified atom stereocenters. The van der Waals surface area contributed by atoms with Crippen LogP contribution in [0.5, 0.6) is 0 Å². The Labute approximate surface area is 115 Å². The molecule has 0 spiro atoms. The van der Waals surface area contributed by atoms with E-state index in [0.717, 1.165) is 45.0 Å². The summed E-state index contributed by atoms with van der Waals surface area (Å²) >= 11 is 0. The third-order valence-electron chi connectivity index (χ3n) is 4.25. The minimum absolute atomic E-state index is 0.0669. The number of piperazine rings is 3. The molecule has 0 radical (unpaired) electrons. The highest BCUT2D eigenvalue weighted by molar-refractivity contribution is 5.30. The lowest BCUT2D eigenvalue weighted by molar-refractivity contribution is -0.138. The van der Waals surface area contributed by atoms with Gasteiger partial charge in [0.2, 0.25) is 0 Å². The van der Waals surface area contributed by atoms with Crippen molar-refractivity contribution < 1.29 is 13.2 Å². The van der Waals surface area contributed by atoms with Gasteiger partial charge in [-0.3, -0.25) is 14.8 Å². The van der Waals surface area contributed by atoms with Gasteiger partial charge in [0.1, 0.15) is 0 Å². The van der Waals surface area contributed by atoms with Crippen molar-refractivity contribution in [3.05, 3.63) is 29.6 Å². The van der Waals surface area contributed by atoms with E-state index in [1.165, 1.54) is 6.20 Å². The fraction of sp³-hybridized carbons (Fsp3) is 0.615. The van der Waals surface area contributed by atoms with Gasteiger partial charge in [-0.15, -0.1) is 0 Å². The SMILES string of the molecule is NC(c1cnccc1C(F)(F)F)C1CN2CCN1CC2. The van der Waals surface area contributed by atoms with Gasteiger partial charge in [-0.1, -0.05) is 0 Å². The third-order valence-corrected chi connectivity index (χ3v) is 4.25. The Morgan fingerprint density at radius 1 is 1.25 bits per heavy atom. The van der Waals surface area contributed by atoms with Crippen molar-refractivity contribution in [3.8, 4) is 0 Å². The predicted molar refractivity (Wildman–Crippen MR) is 68.0 cm³/mol. The van der Waals surface area contributed by atoms with Gasteiger partial charge in [0.15, 0.2) is 0 Å². The summed E-state index contributed by atoms with van der Waals surface area (Å²) < 4.78 is 39.2. The predicted octanol–water partition coefficient (Wildman–Crippen LogP) is 1.10. The quantitative estimate of drug-likeness (QED) is 0.884. The summed E-state index contributed by atoms with van der Waals surface area (Å²) in [6, 6.07) is 0.276. The van der Waals surface area contributed by atoms with Crippen LogP contribution >= 0.6 is 0 Å². The number of hydrogen-bond acceptors (Lipinski definition) is 4. The Hall–Kier alpha value is -1.18. The smallest absolute Gasteiger partial charge is 0.323 e. The van der Waals surface area contributed by atoms with Gasteiger partial charge in [0.05, 0.1) is 5.56 Å². The maximum absolute atomic E-state index is 13.1. The van der Waals surface area contributed by atoms with E-state index >= 15 is 0 Å². The van der Waals surface area contributed by atoms with E-state index in [9.17, 15) is 13.2 Å². The molecule has 1 aromatic rings. The maximum atomic E-state index is 13.1. The van der Waals surface area contributed by atoms with Crippen molar-refractivity contribution in [3.63, 3.8) is 0 Å². The van der Waals surface area contributed by atoms with Gasteiger partial charge in [0, 0.05) is 62.8 Å². The highest BCUT2D eigenvalue weighted by Crippen LogP contribution is 2.36. The number of hydrogen-bond donors (Lipinski definition) is 1. The van der Waals surface area contributed by atoms with Crippen LogP contribution in [0.1, 0.15) is 17.2 Å². The van der Waals surface area contributed by atoms with E-state index in [1.54, 1.807) is 0 Å². The first-order valence-electron chi connectivity index (χ1n) is 6.70. The molecule has 2 atom stereocenters. The molecular weight excluding hydrogens is 269 g/mol. The number of fused-ring (bicyclic) bond motifs is 3. The van der Waals surface area contributed by atoms with E-state index in [4.69, 9.17) is 5.73 Å². The Morgan fingerprint density at radius 2 is 1.95 bits per heavy atom. The van der Waals surface area contributed by atoms with Gasteiger partial charge < -0.3 is 5.73 Å². The van der Waals surface area contributed by atoms with Crippen molar-refractivity contribution in [1.82, 2.24) is 14.8 Å². The average molecular weight is 286 g/mol. The van der Waals surface area contributed by atoms with Crippen LogP contribution in [0.2, 0.25) is 0 Å².